The van der Waals surface area contributed by atoms with Gasteiger partial charge in [0.15, 0.2) is 11.9 Å². The van der Waals surface area contributed by atoms with E-state index in [2.05, 4.69) is 20.8 Å². The van der Waals surface area contributed by atoms with Gasteiger partial charge in [0.05, 0.1) is 33.3 Å². The Kier molecular flexibility index (Phi) is 8.19. The summed E-state index contributed by atoms with van der Waals surface area (Å²) in [7, 11) is 2.13. The van der Waals surface area contributed by atoms with E-state index in [1.54, 1.807) is 12.1 Å². The van der Waals surface area contributed by atoms with Gasteiger partial charge in [0.1, 0.15) is 22.8 Å². The van der Waals surface area contributed by atoms with Crippen LogP contribution in [0.25, 0.3) is 0 Å². The van der Waals surface area contributed by atoms with Crippen LogP contribution in [0.2, 0.25) is 0 Å². The van der Waals surface area contributed by atoms with Crippen molar-refractivity contribution in [3.8, 4) is 17.2 Å². The topological polar surface area (TPSA) is 78.9 Å². The molecule has 0 spiro atoms. The Labute approximate surface area is 191 Å². The first-order valence-corrected chi connectivity index (χ1v) is 11.8. The van der Waals surface area contributed by atoms with Crippen molar-refractivity contribution in [2.45, 2.75) is 46.5 Å². The molecule has 0 heterocycles. The van der Waals surface area contributed by atoms with Crippen LogP contribution in [0.15, 0.2) is 24.3 Å². The minimum atomic E-state index is -2.26. The van der Waals surface area contributed by atoms with Gasteiger partial charge in [-0.05, 0) is 36.0 Å². The molecule has 0 aliphatic heterocycles. The highest BCUT2D eigenvalue weighted by Gasteiger charge is 2.34. The summed E-state index contributed by atoms with van der Waals surface area (Å²) in [5, 5.41) is 0. The number of rotatable bonds is 9. The van der Waals surface area contributed by atoms with Crippen LogP contribution < -0.4 is 14.2 Å². The molecule has 7 heteroatoms. The van der Waals surface area contributed by atoms with Crippen LogP contribution in [0.3, 0.4) is 0 Å². The van der Waals surface area contributed by atoms with Crippen LogP contribution in [0.1, 0.15) is 64.6 Å². The number of benzene rings is 2. The van der Waals surface area contributed by atoms with Crippen molar-refractivity contribution in [1.29, 1.82) is 0 Å². The molecular formula is C25H32O6P+. The van der Waals surface area contributed by atoms with Crippen LogP contribution in [-0.2, 0) is 9.98 Å². The molecule has 0 bridgehead atoms. The fraction of sp³-hybridized carbons (Fsp3) is 0.440. The van der Waals surface area contributed by atoms with E-state index in [9.17, 15) is 14.2 Å². The lowest BCUT2D eigenvalue weighted by Gasteiger charge is -2.21. The molecule has 0 fully saturated rings. The molecule has 2 aromatic carbocycles. The van der Waals surface area contributed by atoms with Crippen LogP contribution in [-0.4, -0.2) is 38.8 Å². The van der Waals surface area contributed by atoms with E-state index < -0.39 is 13.3 Å². The number of aryl methyl sites for hydroxylation is 2. The largest absolute Gasteiger partial charge is 0.496 e. The van der Waals surface area contributed by atoms with Crippen LogP contribution in [0, 0.1) is 13.8 Å². The van der Waals surface area contributed by atoms with E-state index >= 15 is 0 Å². The Balaban J connectivity index is 2.23. The predicted octanol–water partition coefficient (Wildman–Crippen LogP) is 5.87. The molecule has 0 aliphatic rings. The number of hydrogen-bond acceptors (Lipinski definition) is 6. The average molecular weight is 459 g/mol. The number of carbonyl (C=O) groups is 2. The first kappa shape index (κ1) is 25.5. The summed E-state index contributed by atoms with van der Waals surface area (Å²) in [6, 6.07) is 7.12. The van der Waals surface area contributed by atoms with E-state index in [0.717, 1.165) is 16.7 Å². The third-order valence-corrected chi connectivity index (χ3v) is 6.68. The molecule has 0 saturated carbocycles. The fourth-order valence-electron chi connectivity index (χ4n) is 3.57. The zero-order chi connectivity index (χ0) is 24.2. The number of methoxy groups -OCH3 is 3. The minimum absolute atomic E-state index is 0.0504. The number of ketones is 1. The Bertz CT molecular complexity index is 1000. The third-order valence-electron chi connectivity index (χ3n) is 5.37. The van der Waals surface area contributed by atoms with Gasteiger partial charge >= 0.3 is 13.3 Å². The van der Waals surface area contributed by atoms with Crippen molar-refractivity contribution in [2.24, 2.45) is 0 Å². The van der Waals surface area contributed by atoms with E-state index in [-0.39, 0.29) is 29.3 Å². The fourth-order valence-corrected chi connectivity index (χ4v) is 4.78. The molecule has 0 radical (unpaired) electrons. The van der Waals surface area contributed by atoms with E-state index in [1.165, 1.54) is 21.3 Å². The Hall–Kier alpha value is -2.72. The maximum Gasteiger partial charge on any atom is 0.420 e. The van der Waals surface area contributed by atoms with Gasteiger partial charge in [0.2, 0.25) is 0 Å². The molecule has 2 aromatic rings. The molecule has 0 aliphatic carbocycles. The van der Waals surface area contributed by atoms with Crippen molar-refractivity contribution in [2.75, 3.05) is 27.5 Å². The molecule has 1 atom stereocenters. The number of carbonyl (C=O) groups excluding carboxylic acids is 2. The van der Waals surface area contributed by atoms with Crippen molar-refractivity contribution in [3.05, 3.63) is 52.1 Å². The van der Waals surface area contributed by atoms with E-state index in [1.807, 2.05) is 26.0 Å². The lowest BCUT2D eigenvalue weighted by atomic mass is 9.84. The third kappa shape index (κ3) is 5.55. The predicted molar refractivity (Wildman–Crippen MR) is 126 cm³/mol. The number of hydrogen-bond donors (Lipinski definition) is 0. The zero-order valence-electron chi connectivity index (χ0n) is 20.1. The number of ether oxygens (including phenoxy) is 3. The molecule has 6 nitrogen and oxygen atoms in total. The van der Waals surface area contributed by atoms with Gasteiger partial charge in [0, 0.05) is 12.1 Å². The Morgan fingerprint density at radius 2 is 1.34 bits per heavy atom. The Morgan fingerprint density at radius 1 is 0.844 bits per heavy atom. The zero-order valence-corrected chi connectivity index (χ0v) is 21.0. The van der Waals surface area contributed by atoms with Gasteiger partial charge in [-0.1, -0.05) is 37.5 Å². The smallest absolute Gasteiger partial charge is 0.420 e. The summed E-state index contributed by atoms with van der Waals surface area (Å²) in [6.45, 7) is 10.0. The highest BCUT2D eigenvalue weighted by atomic mass is 31.1. The molecule has 0 N–H and O–H groups in total. The second kappa shape index (κ2) is 10.3. The SMILES string of the molecule is COc1cc(OC)c(C(=O)CC[P+](=O)C(=O)c2c(C)cc(C(C)(C)C)cc2C)c(OC)c1. The van der Waals surface area contributed by atoms with Crippen LogP contribution in [0.5, 0.6) is 17.2 Å². The standard InChI is InChI=1S/C25H32O6P/c1-15-11-17(25(3,4)5)12-16(2)22(15)24(27)32(28)10-9-19(26)23-20(30-7)13-18(29-6)14-21(23)31-8/h11-14H,9-10H2,1-8H3/q+1. The van der Waals surface area contributed by atoms with Crippen molar-refractivity contribution in [1.82, 2.24) is 0 Å². The second-order valence-corrected chi connectivity index (χ2v) is 10.3. The lowest BCUT2D eigenvalue weighted by Crippen LogP contribution is -2.14. The van der Waals surface area contributed by atoms with E-state index in [0.29, 0.717) is 22.8 Å². The monoisotopic (exact) mass is 459 g/mol. The summed E-state index contributed by atoms with van der Waals surface area (Å²) < 4.78 is 28.7. The molecular weight excluding hydrogens is 427 g/mol. The molecule has 0 aromatic heterocycles. The van der Waals surface area contributed by atoms with Gasteiger partial charge < -0.3 is 14.2 Å². The molecule has 172 valence electrons. The summed E-state index contributed by atoms with van der Waals surface area (Å²) in [6.07, 6.45) is -0.122. The summed E-state index contributed by atoms with van der Waals surface area (Å²) >= 11 is 0. The molecule has 32 heavy (non-hydrogen) atoms. The van der Waals surface area contributed by atoms with Crippen LogP contribution >= 0.6 is 7.80 Å². The highest BCUT2D eigenvalue weighted by molar-refractivity contribution is 7.64. The summed E-state index contributed by atoms with van der Waals surface area (Å²) in [5.41, 5.74) is 2.97. The van der Waals surface area contributed by atoms with Gasteiger partial charge in [-0.25, -0.2) is 4.79 Å². The molecule has 0 saturated heterocycles. The van der Waals surface area contributed by atoms with E-state index in [4.69, 9.17) is 14.2 Å². The summed E-state index contributed by atoms with van der Waals surface area (Å²) in [5.74, 6) is 0.782. The van der Waals surface area contributed by atoms with Crippen LogP contribution in [0.4, 0.5) is 0 Å². The first-order valence-electron chi connectivity index (χ1n) is 10.4. The lowest BCUT2D eigenvalue weighted by molar-refractivity contribution is 0.0983. The minimum Gasteiger partial charge on any atom is -0.496 e. The van der Waals surface area contributed by atoms with Gasteiger partial charge in [0.25, 0.3) is 0 Å². The quantitative estimate of drug-likeness (QED) is 0.345. The average Bonchev–Trinajstić information content (AvgIpc) is 2.74. The van der Waals surface area contributed by atoms with Gasteiger partial charge in [-0.3, -0.25) is 4.79 Å². The highest BCUT2D eigenvalue weighted by Crippen LogP contribution is 2.37. The Morgan fingerprint density at radius 3 is 1.75 bits per heavy atom. The molecule has 2 rings (SSSR count). The van der Waals surface area contributed by atoms with Crippen molar-refractivity contribution in [3.63, 3.8) is 0 Å². The maximum absolute atomic E-state index is 13.0. The van der Waals surface area contributed by atoms with Gasteiger partial charge in [-0.15, -0.1) is 0 Å². The van der Waals surface area contributed by atoms with Crippen molar-refractivity contribution >= 4 is 19.1 Å². The van der Waals surface area contributed by atoms with Crippen molar-refractivity contribution < 1.29 is 28.4 Å². The molecule has 1 unspecified atom stereocenters. The normalized spacial score (nSPS) is 11.7. The molecule has 0 amide bonds. The van der Waals surface area contributed by atoms with Gasteiger partial charge in [-0.2, -0.15) is 0 Å². The first-order chi connectivity index (χ1) is 14.9. The number of Topliss-reactive ketones (excluding diaryl/α,β-unsaturated/α-hetero) is 1. The second-order valence-electron chi connectivity index (χ2n) is 8.72. The maximum atomic E-state index is 13.0. The summed E-state index contributed by atoms with van der Waals surface area (Å²) in [4.78, 5) is 25.9.